The number of hydrogen-bond acceptors (Lipinski definition) is 4. The highest BCUT2D eigenvalue weighted by atomic mass is 127. The van der Waals surface area contributed by atoms with Crippen LogP contribution in [0.1, 0.15) is 22.7 Å². The van der Waals surface area contributed by atoms with Crippen LogP contribution in [-0.4, -0.2) is 18.8 Å². The van der Waals surface area contributed by atoms with Gasteiger partial charge in [-0.1, -0.05) is 0 Å². The normalized spacial score (nSPS) is 16.9. The van der Waals surface area contributed by atoms with Gasteiger partial charge in [0.25, 0.3) is 0 Å². The van der Waals surface area contributed by atoms with E-state index in [1.807, 2.05) is 6.07 Å². The lowest BCUT2D eigenvalue weighted by Crippen LogP contribution is -2.31. The number of phenols is 1. The summed E-state index contributed by atoms with van der Waals surface area (Å²) in [7, 11) is 1.70. The van der Waals surface area contributed by atoms with Gasteiger partial charge in [0.15, 0.2) is 0 Å². The van der Waals surface area contributed by atoms with E-state index in [1.54, 1.807) is 13.2 Å². The molecule has 3 rings (SSSR count). The van der Waals surface area contributed by atoms with E-state index in [-0.39, 0.29) is 11.8 Å². The molecule has 0 spiro atoms. The van der Waals surface area contributed by atoms with Crippen LogP contribution in [-0.2, 0) is 12.8 Å². The van der Waals surface area contributed by atoms with Gasteiger partial charge in [0.1, 0.15) is 11.5 Å². The summed E-state index contributed by atoms with van der Waals surface area (Å²) < 4.78 is 7.67. The first kappa shape index (κ1) is 17.1. The maximum Gasteiger partial charge on any atom is 0.145 e. The largest absolute Gasteiger partial charge is 0.506 e. The molecule has 122 valence electrons. The van der Waals surface area contributed by atoms with Crippen molar-refractivity contribution in [2.75, 3.05) is 19.4 Å². The smallest absolute Gasteiger partial charge is 0.145 e. The van der Waals surface area contributed by atoms with Crippen molar-refractivity contribution < 1.29 is 9.84 Å². The van der Waals surface area contributed by atoms with Gasteiger partial charge < -0.3 is 20.9 Å². The molecule has 23 heavy (non-hydrogen) atoms. The topological polar surface area (TPSA) is 67.5 Å². The highest BCUT2D eigenvalue weighted by Gasteiger charge is 2.22. The van der Waals surface area contributed by atoms with Crippen molar-refractivity contribution >= 4 is 50.9 Å². The predicted molar refractivity (Wildman–Crippen MR) is 109 cm³/mol. The summed E-state index contributed by atoms with van der Waals surface area (Å²) in [5.74, 6) is 1.11. The Balaban J connectivity index is 1.92. The lowest BCUT2D eigenvalue weighted by atomic mass is 9.89. The quantitative estimate of drug-likeness (QED) is 0.319. The Morgan fingerprint density at radius 3 is 2.61 bits per heavy atom. The number of anilines is 1. The summed E-state index contributed by atoms with van der Waals surface area (Å²) in [5.41, 5.74) is 9.96. The number of rotatable bonds is 3. The molecule has 0 saturated heterocycles. The van der Waals surface area contributed by atoms with E-state index in [0.717, 1.165) is 32.3 Å². The zero-order chi connectivity index (χ0) is 16.6. The molecule has 4 nitrogen and oxygen atoms in total. The number of aromatic hydroxyl groups is 1. The van der Waals surface area contributed by atoms with Crippen LogP contribution >= 0.6 is 45.2 Å². The Morgan fingerprint density at radius 2 is 1.96 bits per heavy atom. The fourth-order valence-electron chi connectivity index (χ4n) is 3.04. The van der Waals surface area contributed by atoms with E-state index < -0.39 is 0 Å². The number of fused-ring (bicyclic) bond motifs is 1. The molecule has 0 bridgehead atoms. The third-order valence-corrected chi connectivity index (χ3v) is 5.75. The van der Waals surface area contributed by atoms with Crippen LogP contribution in [0.2, 0.25) is 0 Å². The molecule has 0 fully saturated rings. The molecule has 1 atom stereocenters. The monoisotopic (exact) mass is 536 g/mol. The summed E-state index contributed by atoms with van der Waals surface area (Å²) in [6, 6.07) is 8.26. The molecule has 1 heterocycles. The first-order valence-corrected chi connectivity index (χ1v) is 9.52. The number of halogens is 2. The van der Waals surface area contributed by atoms with Crippen molar-refractivity contribution in [1.82, 2.24) is 5.32 Å². The Kier molecular flexibility index (Phi) is 5.22. The van der Waals surface area contributed by atoms with Crippen molar-refractivity contribution in [1.29, 1.82) is 0 Å². The molecule has 0 radical (unpaired) electrons. The predicted octanol–water partition coefficient (Wildman–Crippen LogP) is 3.62. The first-order chi connectivity index (χ1) is 11.0. The van der Waals surface area contributed by atoms with Crippen LogP contribution in [0, 0.1) is 7.14 Å². The van der Waals surface area contributed by atoms with Crippen molar-refractivity contribution in [3.8, 4) is 11.5 Å². The molecule has 2 aromatic carbocycles. The minimum absolute atomic E-state index is 0.179. The third-order valence-electron chi connectivity index (χ3n) is 4.15. The second kappa shape index (κ2) is 7.02. The summed E-state index contributed by atoms with van der Waals surface area (Å²) in [5, 5.41) is 13.4. The van der Waals surface area contributed by atoms with Crippen LogP contribution in [0.3, 0.4) is 0 Å². The summed E-state index contributed by atoms with van der Waals surface area (Å²) in [6.45, 7) is 0.908. The summed E-state index contributed by atoms with van der Waals surface area (Å²) in [6.07, 6.45) is 1.80. The molecule has 0 aliphatic carbocycles. The number of hydrogen-bond donors (Lipinski definition) is 3. The van der Waals surface area contributed by atoms with Gasteiger partial charge in [0, 0.05) is 6.04 Å². The van der Waals surface area contributed by atoms with Crippen LogP contribution < -0.4 is 15.8 Å². The van der Waals surface area contributed by atoms with Gasteiger partial charge >= 0.3 is 0 Å². The fraction of sp³-hybridized carbons (Fsp3) is 0.294. The lowest BCUT2D eigenvalue weighted by Gasteiger charge is -2.28. The van der Waals surface area contributed by atoms with E-state index in [2.05, 4.69) is 62.6 Å². The summed E-state index contributed by atoms with van der Waals surface area (Å²) >= 11 is 4.62. The maximum absolute atomic E-state index is 9.82. The Labute approximate surface area is 163 Å². The number of nitrogens with one attached hydrogen (secondary N) is 1. The average molecular weight is 536 g/mol. The lowest BCUT2D eigenvalue weighted by molar-refractivity contribution is 0.408. The molecule has 0 unspecified atom stereocenters. The molecule has 0 aromatic heterocycles. The van der Waals surface area contributed by atoms with Crippen LogP contribution in [0.25, 0.3) is 0 Å². The zero-order valence-corrected chi connectivity index (χ0v) is 17.0. The van der Waals surface area contributed by atoms with Gasteiger partial charge in [-0.3, -0.25) is 0 Å². The van der Waals surface area contributed by atoms with E-state index in [1.165, 1.54) is 16.7 Å². The number of methoxy groups -OCH3 is 1. The first-order valence-electron chi connectivity index (χ1n) is 7.36. The van der Waals surface area contributed by atoms with Crippen LogP contribution in [0.5, 0.6) is 11.5 Å². The average Bonchev–Trinajstić information content (AvgIpc) is 2.49. The van der Waals surface area contributed by atoms with Gasteiger partial charge in [0.2, 0.25) is 0 Å². The molecular formula is C17H18I2N2O2. The van der Waals surface area contributed by atoms with E-state index >= 15 is 0 Å². The Bertz CT molecular complexity index is 727. The zero-order valence-electron chi connectivity index (χ0n) is 12.7. The number of ether oxygens (including phenoxy) is 1. The SMILES string of the molecule is COc1c(I)cc(C[C@@H]2NCCc3cc(O)c(N)cc32)cc1I. The van der Waals surface area contributed by atoms with E-state index in [0.29, 0.717) is 5.69 Å². The van der Waals surface area contributed by atoms with Crippen molar-refractivity contribution in [3.05, 3.63) is 48.1 Å². The second-order valence-electron chi connectivity index (χ2n) is 5.66. The molecule has 0 amide bonds. The van der Waals surface area contributed by atoms with Gasteiger partial charge in [0.05, 0.1) is 19.9 Å². The number of nitrogens with two attached hydrogens (primary N) is 1. The standard InChI is InChI=1S/C17H18I2N2O2/c1-23-17-12(18)4-9(5-13(17)19)6-15-11-8-14(20)16(22)7-10(11)2-3-21-15/h4-5,7-8,15,21-22H,2-3,6,20H2,1H3/t15-/m0/s1. The van der Waals surface area contributed by atoms with Gasteiger partial charge in [-0.15, -0.1) is 0 Å². The van der Waals surface area contributed by atoms with Crippen molar-refractivity contribution in [2.24, 2.45) is 0 Å². The van der Waals surface area contributed by atoms with E-state index in [4.69, 9.17) is 10.5 Å². The van der Waals surface area contributed by atoms with Gasteiger partial charge in [-0.05, 0) is 106 Å². The van der Waals surface area contributed by atoms with Crippen molar-refractivity contribution in [3.63, 3.8) is 0 Å². The number of benzene rings is 2. The maximum atomic E-state index is 9.82. The minimum Gasteiger partial charge on any atom is -0.506 e. The number of nitrogen functional groups attached to an aromatic ring is 1. The molecule has 1 aliphatic rings. The third kappa shape index (κ3) is 3.53. The molecule has 4 N–H and O–H groups in total. The molecule has 1 aliphatic heterocycles. The Hall–Kier alpha value is -0.740. The van der Waals surface area contributed by atoms with Crippen LogP contribution in [0.4, 0.5) is 5.69 Å². The van der Waals surface area contributed by atoms with Crippen LogP contribution in [0.15, 0.2) is 24.3 Å². The minimum atomic E-state index is 0.179. The summed E-state index contributed by atoms with van der Waals surface area (Å²) in [4.78, 5) is 0. The van der Waals surface area contributed by atoms with Gasteiger partial charge in [-0.2, -0.15) is 0 Å². The van der Waals surface area contributed by atoms with E-state index in [9.17, 15) is 5.11 Å². The highest BCUT2D eigenvalue weighted by molar-refractivity contribution is 14.1. The second-order valence-corrected chi connectivity index (χ2v) is 7.99. The molecular weight excluding hydrogens is 518 g/mol. The molecule has 2 aromatic rings. The van der Waals surface area contributed by atoms with Gasteiger partial charge in [-0.25, -0.2) is 0 Å². The fourth-order valence-corrected chi connectivity index (χ4v) is 5.38. The Morgan fingerprint density at radius 1 is 1.26 bits per heavy atom. The highest BCUT2D eigenvalue weighted by Crippen LogP contribution is 2.34. The molecule has 0 saturated carbocycles. The number of phenolic OH excluding ortho intramolecular Hbond substituents is 1. The van der Waals surface area contributed by atoms with Crippen molar-refractivity contribution in [2.45, 2.75) is 18.9 Å². The molecule has 6 heteroatoms.